The Kier molecular flexibility index (Phi) is 3.50. The average molecular weight is 262 g/mol. The number of hydrogen-bond donors (Lipinski definition) is 3. The topological polar surface area (TPSA) is 83.8 Å². The molecule has 100 valence electrons. The molecule has 1 amide bonds. The Hall–Kier alpha value is -2.37. The van der Waals surface area contributed by atoms with Crippen LogP contribution in [-0.2, 0) is 6.42 Å². The molecule has 0 spiro atoms. The molecule has 4 N–H and O–H groups in total. The molecule has 0 aliphatic heterocycles. The first kappa shape index (κ1) is 13.1. The van der Waals surface area contributed by atoms with Gasteiger partial charge < -0.3 is 11.1 Å². The fourth-order valence-electron chi connectivity index (χ4n) is 1.83. The summed E-state index contributed by atoms with van der Waals surface area (Å²) in [4.78, 5) is 12.1. The Morgan fingerprint density at radius 3 is 2.95 bits per heavy atom. The van der Waals surface area contributed by atoms with Crippen molar-refractivity contribution in [2.45, 2.75) is 20.3 Å². The number of aromatic nitrogens is 2. The van der Waals surface area contributed by atoms with Crippen LogP contribution in [0.1, 0.15) is 28.4 Å². The Morgan fingerprint density at radius 2 is 2.26 bits per heavy atom. The number of benzene rings is 1. The first-order valence-corrected chi connectivity index (χ1v) is 5.92. The molecule has 0 atom stereocenters. The van der Waals surface area contributed by atoms with Crippen LogP contribution in [0.5, 0.6) is 0 Å². The van der Waals surface area contributed by atoms with Crippen LogP contribution in [0, 0.1) is 12.7 Å². The predicted octanol–water partition coefficient (Wildman–Crippen LogP) is 2.25. The van der Waals surface area contributed by atoms with E-state index >= 15 is 0 Å². The zero-order valence-electron chi connectivity index (χ0n) is 10.7. The van der Waals surface area contributed by atoms with Crippen molar-refractivity contribution in [2.24, 2.45) is 0 Å². The second-order valence-electron chi connectivity index (χ2n) is 4.28. The third-order valence-corrected chi connectivity index (χ3v) is 2.86. The van der Waals surface area contributed by atoms with Crippen molar-refractivity contribution in [3.8, 4) is 0 Å². The average Bonchev–Trinajstić information content (AvgIpc) is 2.80. The number of nitrogens with zero attached hydrogens (tertiary/aromatic N) is 1. The predicted molar refractivity (Wildman–Crippen MR) is 71.5 cm³/mol. The second-order valence-corrected chi connectivity index (χ2v) is 4.28. The zero-order valence-corrected chi connectivity index (χ0v) is 10.7. The molecule has 0 fully saturated rings. The van der Waals surface area contributed by atoms with Crippen LogP contribution in [0.25, 0.3) is 0 Å². The number of nitrogens with two attached hydrogens (primary N) is 1. The largest absolute Gasteiger partial charge is 0.399 e. The van der Waals surface area contributed by atoms with Crippen LogP contribution in [0.4, 0.5) is 15.9 Å². The van der Waals surface area contributed by atoms with E-state index in [1.807, 2.05) is 6.92 Å². The highest BCUT2D eigenvalue weighted by atomic mass is 19.1. The van der Waals surface area contributed by atoms with Gasteiger partial charge in [0.1, 0.15) is 11.6 Å². The van der Waals surface area contributed by atoms with Gasteiger partial charge in [0.2, 0.25) is 0 Å². The minimum Gasteiger partial charge on any atom is -0.399 e. The standard InChI is InChI=1S/C13H15FN4O/c1-3-8-6-16-18-12(8)17-13(19)10-5-9(15)4-7(2)11(10)14/h4-6H,3,15H2,1-2H3,(H2,16,17,18,19). The van der Waals surface area contributed by atoms with E-state index in [0.717, 1.165) is 5.56 Å². The number of aryl methyl sites for hydroxylation is 2. The maximum atomic E-state index is 13.9. The van der Waals surface area contributed by atoms with E-state index in [0.29, 0.717) is 23.5 Å². The summed E-state index contributed by atoms with van der Waals surface area (Å²) in [6, 6.07) is 2.80. The Balaban J connectivity index is 2.30. The van der Waals surface area contributed by atoms with Crippen molar-refractivity contribution >= 4 is 17.4 Å². The molecule has 0 aliphatic carbocycles. The highest BCUT2D eigenvalue weighted by molar-refractivity contribution is 6.05. The van der Waals surface area contributed by atoms with E-state index in [1.54, 1.807) is 13.1 Å². The number of nitrogen functional groups attached to an aromatic ring is 1. The van der Waals surface area contributed by atoms with Crippen LogP contribution < -0.4 is 11.1 Å². The molecule has 1 aromatic heterocycles. The lowest BCUT2D eigenvalue weighted by atomic mass is 10.1. The van der Waals surface area contributed by atoms with Gasteiger partial charge in [-0.15, -0.1) is 0 Å². The quantitative estimate of drug-likeness (QED) is 0.742. The number of amides is 1. The zero-order chi connectivity index (χ0) is 14.0. The first-order valence-electron chi connectivity index (χ1n) is 5.92. The molecule has 1 heterocycles. The summed E-state index contributed by atoms with van der Waals surface area (Å²) in [7, 11) is 0. The van der Waals surface area contributed by atoms with Gasteiger partial charge in [0, 0.05) is 11.3 Å². The fourth-order valence-corrected chi connectivity index (χ4v) is 1.83. The third-order valence-electron chi connectivity index (χ3n) is 2.86. The molecule has 2 rings (SSSR count). The Morgan fingerprint density at radius 1 is 1.53 bits per heavy atom. The molecule has 0 saturated carbocycles. The van der Waals surface area contributed by atoms with Gasteiger partial charge in [-0.1, -0.05) is 6.92 Å². The van der Waals surface area contributed by atoms with Gasteiger partial charge in [0.15, 0.2) is 0 Å². The molecule has 2 aromatic rings. The lowest BCUT2D eigenvalue weighted by Gasteiger charge is -2.08. The van der Waals surface area contributed by atoms with Crippen LogP contribution in [0.3, 0.4) is 0 Å². The van der Waals surface area contributed by atoms with Crippen LogP contribution in [-0.4, -0.2) is 16.1 Å². The molecule has 0 radical (unpaired) electrons. The molecular formula is C13H15FN4O. The Bertz CT molecular complexity index is 621. The summed E-state index contributed by atoms with van der Waals surface area (Å²) in [5, 5.41) is 9.11. The SMILES string of the molecule is CCc1cn[nH]c1NC(=O)c1cc(N)cc(C)c1F. The minimum absolute atomic E-state index is 0.0749. The van der Waals surface area contributed by atoms with Crippen molar-refractivity contribution in [2.75, 3.05) is 11.1 Å². The maximum absolute atomic E-state index is 13.9. The lowest BCUT2D eigenvalue weighted by molar-refractivity contribution is 0.102. The van der Waals surface area contributed by atoms with Gasteiger partial charge in [-0.05, 0) is 31.0 Å². The molecule has 0 aliphatic rings. The van der Waals surface area contributed by atoms with Crippen LogP contribution in [0.15, 0.2) is 18.3 Å². The van der Waals surface area contributed by atoms with E-state index in [-0.39, 0.29) is 5.56 Å². The van der Waals surface area contributed by atoms with E-state index < -0.39 is 11.7 Å². The summed E-state index contributed by atoms with van der Waals surface area (Å²) in [6.07, 6.45) is 2.33. The number of aromatic amines is 1. The summed E-state index contributed by atoms with van der Waals surface area (Å²) < 4.78 is 13.9. The summed E-state index contributed by atoms with van der Waals surface area (Å²) in [5.74, 6) is -0.636. The number of carbonyl (C=O) groups excluding carboxylic acids is 1. The number of hydrogen-bond acceptors (Lipinski definition) is 3. The van der Waals surface area contributed by atoms with Gasteiger partial charge >= 0.3 is 0 Å². The molecular weight excluding hydrogens is 247 g/mol. The van der Waals surface area contributed by atoms with Crippen LogP contribution >= 0.6 is 0 Å². The van der Waals surface area contributed by atoms with Crippen LogP contribution in [0.2, 0.25) is 0 Å². The highest BCUT2D eigenvalue weighted by Crippen LogP contribution is 2.19. The van der Waals surface area contributed by atoms with E-state index in [4.69, 9.17) is 5.73 Å². The number of rotatable bonds is 3. The van der Waals surface area contributed by atoms with Gasteiger partial charge in [-0.2, -0.15) is 5.10 Å². The van der Waals surface area contributed by atoms with E-state index in [1.165, 1.54) is 12.1 Å². The number of H-pyrrole nitrogens is 1. The van der Waals surface area contributed by atoms with Crippen molar-refractivity contribution in [3.05, 3.63) is 40.8 Å². The summed E-state index contributed by atoms with van der Waals surface area (Å²) in [5.41, 5.74) is 7.10. The normalized spacial score (nSPS) is 10.5. The summed E-state index contributed by atoms with van der Waals surface area (Å²) in [6.45, 7) is 3.50. The van der Waals surface area contributed by atoms with Gasteiger partial charge in [-0.25, -0.2) is 4.39 Å². The molecule has 0 bridgehead atoms. The molecule has 1 aromatic carbocycles. The van der Waals surface area contributed by atoms with Gasteiger partial charge in [0.25, 0.3) is 5.91 Å². The van der Waals surface area contributed by atoms with Gasteiger partial charge in [-0.3, -0.25) is 9.89 Å². The molecule has 19 heavy (non-hydrogen) atoms. The second kappa shape index (κ2) is 5.09. The minimum atomic E-state index is -0.565. The highest BCUT2D eigenvalue weighted by Gasteiger charge is 2.16. The lowest BCUT2D eigenvalue weighted by Crippen LogP contribution is -2.16. The maximum Gasteiger partial charge on any atom is 0.259 e. The molecule has 5 nitrogen and oxygen atoms in total. The summed E-state index contributed by atoms with van der Waals surface area (Å²) >= 11 is 0. The van der Waals surface area contributed by atoms with Crippen molar-refractivity contribution in [3.63, 3.8) is 0 Å². The number of nitrogens with one attached hydrogen (secondary N) is 2. The van der Waals surface area contributed by atoms with Crippen molar-refractivity contribution in [1.82, 2.24) is 10.2 Å². The van der Waals surface area contributed by atoms with Crippen molar-refractivity contribution < 1.29 is 9.18 Å². The smallest absolute Gasteiger partial charge is 0.259 e. The van der Waals surface area contributed by atoms with E-state index in [9.17, 15) is 9.18 Å². The monoisotopic (exact) mass is 262 g/mol. The first-order chi connectivity index (χ1) is 9.02. The number of anilines is 2. The fraction of sp³-hybridized carbons (Fsp3) is 0.231. The van der Waals surface area contributed by atoms with E-state index in [2.05, 4.69) is 15.5 Å². The molecule has 0 unspecified atom stereocenters. The molecule has 6 heteroatoms. The van der Waals surface area contributed by atoms with Crippen molar-refractivity contribution in [1.29, 1.82) is 0 Å². The van der Waals surface area contributed by atoms with Gasteiger partial charge in [0.05, 0.1) is 11.8 Å². The third kappa shape index (κ3) is 2.57. The molecule has 0 saturated heterocycles. The number of carbonyl (C=O) groups is 1. The Labute approximate surface area is 110 Å². The number of halogens is 1.